The summed E-state index contributed by atoms with van der Waals surface area (Å²) in [7, 11) is 3.46. The lowest BCUT2D eigenvalue weighted by Gasteiger charge is -2.01. The van der Waals surface area contributed by atoms with Crippen molar-refractivity contribution >= 4 is 14.2 Å². The summed E-state index contributed by atoms with van der Waals surface area (Å²) in [5.74, 6) is 0. The second-order valence-corrected chi connectivity index (χ2v) is 2.46. The van der Waals surface area contributed by atoms with Crippen molar-refractivity contribution in [3.8, 4) is 0 Å². The molecule has 0 aliphatic heterocycles. The number of hydrogen-bond donors (Lipinski definition) is 0. The molecule has 0 saturated carbocycles. The van der Waals surface area contributed by atoms with Crippen LogP contribution in [0.5, 0.6) is 0 Å². The highest BCUT2D eigenvalue weighted by molar-refractivity contribution is 7.21. The first-order chi connectivity index (χ1) is 3.39. The third-order valence-electron chi connectivity index (χ3n) is 1.14. The van der Waals surface area contributed by atoms with Crippen LogP contribution < -0.4 is 0 Å². The van der Waals surface area contributed by atoms with Crippen molar-refractivity contribution in [1.82, 2.24) is 0 Å². The summed E-state index contributed by atoms with van der Waals surface area (Å²) in [4.78, 5) is 0. The van der Waals surface area contributed by atoms with Gasteiger partial charge in [-0.2, -0.15) is 0 Å². The van der Waals surface area contributed by atoms with Crippen molar-refractivity contribution in [2.45, 2.75) is 19.3 Å². The van der Waals surface area contributed by atoms with Gasteiger partial charge in [0, 0.05) is 0 Å². The predicted molar refractivity (Wildman–Crippen MR) is 36.3 cm³/mol. The zero-order valence-electron chi connectivity index (χ0n) is 4.28. The molecule has 0 saturated heterocycles. The SMILES string of the molecule is P=C1C=CCCC1. The molecule has 7 heavy (non-hydrogen) atoms. The summed E-state index contributed by atoms with van der Waals surface area (Å²) in [6.07, 6.45) is 8.14. The molecule has 1 aliphatic rings. The van der Waals surface area contributed by atoms with Crippen molar-refractivity contribution in [1.29, 1.82) is 0 Å². The molecule has 38 valence electrons. The van der Waals surface area contributed by atoms with Crippen LogP contribution in [0.2, 0.25) is 0 Å². The molecule has 0 bridgehead atoms. The minimum absolute atomic E-state index is 1.23. The zero-order valence-corrected chi connectivity index (χ0v) is 5.28. The van der Waals surface area contributed by atoms with E-state index in [9.17, 15) is 0 Å². The molecule has 1 heteroatoms. The quantitative estimate of drug-likeness (QED) is 0.420. The Kier molecular flexibility index (Phi) is 1.64. The third kappa shape index (κ3) is 1.44. The van der Waals surface area contributed by atoms with E-state index in [-0.39, 0.29) is 0 Å². The van der Waals surface area contributed by atoms with Crippen LogP contribution in [0.25, 0.3) is 0 Å². The normalized spacial score (nSPS) is 20.3. The Balaban J connectivity index is 2.51. The highest BCUT2D eigenvalue weighted by Gasteiger charge is 1.93. The number of rotatable bonds is 0. The van der Waals surface area contributed by atoms with Gasteiger partial charge in [-0.3, -0.25) is 0 Å². The molecule has 0 nitrogen and oxygen atoms in total. The summed E-state index contributed by atoms with van der Waals surface area (Å²) >= 11 is 0. The Morgan fingerprint density at radius 1 is 1.57 bits per heavy atom. The molecule has 0 radical (unpaired) electrons. The van der Waals surface area contributed by atoms with Gasteiger partial charge in [0.15, 0.2) is 0 Å². The fraction of sp³-hybridized carbons (Fsp3) is 0.500. The lowest BCUT2D eigenvalue weighted by atomic mass is 10.1. The molecular formula is C6H9P. The molecule has 0 aromatic heterocycles. The van der Waals surface area contributed by atoms with Crippen molar-refractivity contribution < 1.29 is 0 Å². The van der Waals surface area contributed by atoms with Crippen LogP contribution in [-0.4, -0.2) is 5.29 Å². The van der Waals surface area contributed by atoms with Crippen LogP contribution >= 0.6 is 8.86 Å². The summed E-state index contributed by atoms with van der Waals surface area (Å²) in [6.45, 7) is 0. The monoisotopic (exact) mass is 112 g/mol. The van der Waals surface area contributed by atoms with Gasteiger partial charge in [-0.05, 0) is 24.6 Å². The Morgan fingerprint density at radius 2 is 2.43 bits per heavy atom. The van der Waals surface area contributed by atoms with Crippen molar-refractivity contribution in [2.24, 2.45) is 0 Å². The van der Waals surface area contributed by atoms with Gasteiger partial charge in [0.25, 0.3) is 0 Å². The van der Waals surface area contributed by atoms with E-state index in [1.165, 1.54) is 24.6 Å². The molecule has 0 spiro atoms. The molecule has 1 rings (SSSR count). The molecule has 0 aromatic rings. The average Bonchev–Trinajstić information content (AvgIpc) is 1.69. The van der Waals surface area contributed by atoms with Crippen LogP contribution in [0, 0.1) is 0 Å². The molecule has 0 unspecified atom stereocenters. The van der Waals surface area contributed by atoms with E-state index in [0.717, 1.165) is 0 Å². The van der Waals surface area contributed by atoms with Gasteiger partial charge in [0.1, 0.15) is 0 Å². The lowest BCUT2D eigenvalue weighted by Crippen LogP contribution is -1.92. The second-order valence-electron chi connectivity index (χ2n) is 1.82. The molecule has 0 N–H and O–H groups in total. The van der Waals surface area contributed by atoms with E-state index >= 15 is 0 Å². The van der Waals surface area contributed by atoms with Gasteiger partial charge in [-0.25, -0.2) is 0 Å². The smallest absolute Gasteiger partial charge is 0.0238 e. The van der Waals surface area contributed by atoms with Crippen molar-refractivity contribution in [3.63, 3.8) is 0 Å². The first kappa shape index (κ1) is 5.05. The molecule has 0 aromatic carbocycles. The molecule has 1 aliphatic carbocycles. The third-order valence-corrected chi connectivity index (χ3v) is 1.55. The van der Waals surface area contributed by atoms with E-state index in [4.69, 9.17) is 0 Å². The first-order valence-corrected chi connectivity index (χ1v) is 3.13. The minimum atomic E-state index is 1.23. The van der Waals surface area contributed by atoms with E-state index in [1.807, 2.05) is 0 Å². The van der Waals surface area contributed by atoms with Crippen LogP contribution in [0.4, 0.5) is 0 Å². The predicted octanol–water partition coefficient (Wildman–Crippen LogP) is 2.04. The molecule has 0 heterocycles. The van der Waals surface area contributed by atoms with E-state index in [0.29, 0.717) is 0 Å². The standard InChI is InChI=1S/C6H9P/c7-6-4-2-1-3-5-6/h2,4,7H,1,3,5H2. The topological polar surface area (TPSA) is 0 Å². The van der Waals surface area contributed by atoms with Gasteiger partial charge in [0.05, 0.1) is 0 Å². The molecule has 0 amide bonds. The summed E-state index contributed by atoms with van der Waals surface area (Å²) < 4.78 is 0. The largest absolute Gasteiger partial charge is 0.119 e. The van der Waals surface area contributed by atoms with Crippen LogP contribution in [0.3, 0.4) is 0 Å². The van der Waals surface area contributed by atoms with E-state index < -0.39 is 0 Å². The van der Waals surface area contributed by atoms with Gasteiger partial charge in [-0.15, -0.1) is 8.86 Å². The van der Waals surface area contributed by atoms with E-state index in [1.54, 1.807) is 0 Å². The second kappa shape index (κ2) is 2.28. The van der Waals surface area contributed by atoms with Crippen LogP contribution in [0.15, 0.2) is 12.2 Å². The maximum absolute atomic E-state index is 3.46. The minimum Gasteiger partial charge on any atom is -0.119 e. The Labute approximate surface area is 46.5 Å². The number of hydrogen-bond acceptors (Lipinski definition) is 0. The van der Waals surface area contributed by atoms with Crippen LogP contribution in [0.1, 0.15) is 19.3 Å². The van der Waals surface area contributed by atoms with Gasteiger partial charge in [-0.1, -0.05) is 12.2 Å². The van der Waals surface area contributed by atoms with Crippen molar-refractivity contribution in [2.75, 3.05) is 0 Å². The Bertz CT molecular complexity index is 103. The molecule has 0 fully saturated rings. The average molecular weight is 112 g/mol. The van der Waals surface area contributed by atoms with Crippen LogP contribution in [-0.2, 0) is 0 Å². The lowest BCUT2D eigenvalue weighted by molar-refractivity contribution is 0.887. The maximum Gasteiger partial charge on any atom is -0.0238 e. The summed E-state index contributed by atoms with van der Waals surface area (Å²) in [5, 5.41) is 1.34. The number of allylic oxidation sites excluding steroid dienone is 2. The first-order valence-electron chi connectivity index (χ1n) is 2.63. The highest BCUT2D eigenvalue weighted by Crippen LogP contribution is 2.07. The Hall–Kier alpha value is -0.0900. The Morgan fingerprint density at radius 3 is 2.71 bits per heavy atom. The van der Waals surface area contributed by atoms with Crippen molar-refractivity contribution in [3.05, 3.63) is 12.2 Å². The van der Waals surface area contributed by atoms with Gasteiger partial charge < -0.3 is 0 Å². The van der Waals surface area contributed by atoms with Gasteiger partial charge >= 0.3 is 0 Å². The molecular weight excluding hydrogens is 103 g/mol. The fourth-order valence-corrected chi connectivity index (χ4v) is 1.01. The van der Waals surface area contributed by atoms with Gasteiger partial charge in [0.2, 0.25) is 0 Å². The summed E-state index contributed by atoms with van der Waals surface area (Å²) in [5.41, 5.74) is 0. The van der Waals surface area contributed by atoms with E-state index in [2.05, 4.69) is 21.0 Å². The zero-order chi connectivity index (χ0) is 5.11. The summed E-state index contributed by atoms with van der Waals surface area (Å²) in [6, 6.07) is 0. The molecule has 0 atom stereocenters. The fourth-order valence-electron chi connectivity index (χ4n) is 0.719. The highest BCUT2D eigenvalue weighted by atomic mass is 31.0. The maximum atomic E-state index is 3.46.